The first-order valence-corrected chi connectivity index (χ1v) is 14.5. The number of halogens is 1. The Kier molecular flexibility index (Phi) is 16.9. The number of carbonyl (C=O) groups is 5. The highest BCUT2D eigenvalue weighted by Crippen LogP contribution is 2.31. The number of hydrogen-bond donors (Lipinski definition) is 0. The first-order valence-electron chi connectivity index (χ1n) is 13.3. The number of rotatable bonds is 17. The van der Waals surface area contributed by atoms with Crippen molar-refractivity contribution in [3.8, 4) is 0 Å². The Balaban J connectivity index is 3.45. The van der Waals surface area contributed by atoms with Gasteiger partial charge in [-0.2, -0.15) is 0 Å². The zero-order chi connectivity index (χ0) is 28.5. The molecule has 0 saturated carbocycles. The molecule has 0 aromatic rings. The van der Waals surface area contributed by atoms with Crippen LogP contribution in [0.25, 0.3) is 0 Å². The van der Waals surface area contributed by atoms with Gasteiger partial charge in [0.15, 0.2) is 12.2 Å². The van der Waals surface area contributed by atoms with Crippen molar-refractivity contribution >= 4 is 45.8 Å². The molecule has 1 saturated heterocycles. The van der Waals surface area contributed by atoms with Crippen molar-refractivity contribution in [3.63, 3.8) is 0 Å². The van der Waals surface area contributed by atoms with E-state index in [-0.39, 0.29) is 38.7 Å². The number of carbonyl (C=O) groups excluding carboxylic acids is 5. The van der Waals surface area contributed by atoms with E-state index in [0.29, 0.717) is 37.4 Å². The summed E-state index contributed by atoms with van der Waals surface area (Å²) in [7, 11) is 0. The molecule has 0 bridgehead atoms. The summed E-state index contributed by atoms with van der Waals surface area (Å²) in [5.41, 5.74) is 0. The summed E-state index contributed by atoms with van der Waals surface area (Å²) in [5.74, 6) is -3.00. The zero-order valence-corrected chi connectivity index (χ0v) is 24.3. The second kappa shape index (κ2) is 18.9. The third kappa shape index (κ3) is 12.1. The van der Waals surface area contributed by atoms with Crippen LogP contribution in [0.3, 0.4) is 0 Å². The van der Waals surface area contributed by atoms with Crippen molar-refractivity contribution in [3.05, 3.63) is 0 Å². The lowest BCUT2D eigenvalue weighted by Crippen LogP contribution is -2.63. The SMILES string of the molecule is CCCC(=O)OC[C@H]1OC(OC(=O)CCCBr)[C@H](OC(=O)CCC)[C@@H](OC(=O)CCC)[C@@H]1OC(=O)CCC. The van der Waals surface area contributed by atoms with E-state index < -0.39 is 60.6 Å². The highest BCUT2D eigenvalue weighted by molar-refractivity contribution is 9.09. The third-order valence-electron chi connectivity index (χ3n) is 5.38. The van der Waals surface area contributed by atoms with Crippen molar-refractivity contribution in [2.24, 2.45) is 0 Å². The van der Waals surface area contributed by atoms with E-state index in [1.165, 1.54) is 0 Å². The van der Waals surface area contributed by atoms with Crippen LogP contribution >= 0.6 is 15.9 Å². The molecule has 1 rings (SSSR count). The zero-order valence-electron chi connectivity index (χ0n) is 22.7. The van der Waals surface area contributed by atoms with E-state index in [1.807, 2.05) is 6.92 Å². The molecule has 0 N–H and O–H groups in total. The molecule has 0 spiro atoms. The van der Waals surface area contributed by atoms with Crippen LogP contribution in [0.2, 0.25) is 0 Å². The van der Waals surface area contributed by atoms with Crippen molar-refractivity contribution in [1.82, 2.24) is 0 Å². The quantitative estimate of drug-likeness (QED) is 0.135. The molecule has 0 aliphatic carbocycles. The Morgan fingerprint density at radius 1 is 0.605 bits per heavy atom. The maximum atomic E-state index is 12.6. The summed E-state index contributed by atoms with van der Waals surface area (Å²) in [6, 6.07) is 0. The summed E-state index contributed by atoms with van der Waals surface area (Å²) in [5, 5.41) is 0.561. The lowest BCUT2D eigenvalue weighted by atomic mass is 9.97. The molecule has 218 valence electrons. The lowest BCUT2D eigenvalue weighted by molar-refractivity contribution is -0.301. The second-order valence-electron chi connectivity index (χ2n) is 8.87. The van der Waals surface area contributed by atoms with Gasteiger partial charge in [0.2, 0.25) is 12.4 Å². The Morgan fingerprint density at radius 3 is 1.55 bits per heavy atom. The molecule has 5 atom stereocenters. The molecule has 1 unspecified atom stereocenters. The highest BCUT2D eigenvalue weighted by atomic mass is 79.9. The Labute approximate surface area is 232 Å². The molecule has 0 radical (unpaired) electrons. The van der Waals surface area contributed by atoms with E-state index in [4.69, 9.17) is 28.4 Å². The Morgan fingerprint density at radius 2 is 1.05 bits per heavy atom. The highest BCUT2D eigenvalue weighted by Gasteiger charge is 2.54. The van der Waals surface area contributed by atoms with Gasteiger partial charge in [0, 0.05) is 37.4 Å². The summed E-state index contributed by atoms with van der Waals surface area (Å²) < 4.78 is 33.7. The van der Waals surface area contributed by atoms with E-state index in [9.17, 15) is 24.0 Å². The van der Waals surface area contributed by atoms with Crippen LogP contribution < -0.4 is 0 Å². The predicted octanol–water partition coefficient (Wildman–Crippen LogP) is 3.91. The fourth-order valence-electron chi connectivity index (χ4n) is 3.60. The molecule has 1 fully saturated rings. The van der Waals surface area contributed by atoms with Crippen LogP contribution in [0, 0.1) is 0 Å². The van der Waals surface area contributed by atoms with Crippen molar-refractivity contribution in [2.45, 2.75) is 123 Å². The Bertz CT molecular complexity index is 772. The molecule has 0 aromatic carbocycles. The van der Waals surface area contributed by atoms with Gasteiger partial charge in [0.05, 0.1) is 0 Å². The van der Waals surface area contributed by atoms with E-state index in [2.05, 4.69) is 15.9 Å². The molecule has 11 nitrogen and oxygen atoms in total. The number of esters is 5. The molecule has 0 amide bonds. The fraction of sp³-hybridized carbons (Fsp3) is 0.808. The lowest BCUT2D eigenvalue weighted by Gasteiger charge is -2.44. The van der Waals surface area contributed by atoms with Gasteiger partial charge in [0.25, 0.3) is 0 Å². The standard InChI is InChI=1S/C26H41BrO11/c1-5-10-18(28)33-16-17-23(35-19(29)11-6-2)24(36-20(30)12-7-3)25(37-21(31)13-8-4)26(34-17)38-22(32)14-9-15-27/h17,23-26H,5-16H2,1-4H3/t17-,23-,24+,25-,26?/m1/s1. The fourth-order valence-corrected chi connectivity index (χ4v) is 3.89. The summed E-state index contributed by atoms with van der Waals surface area (Å²) in [4.78, 5) is 62.3. The maximum Gasteiger partial charge on any atom is 0.308 e. The number of alkyl halides is 1. The minimum atomic E-state index is -1.49. The topological polar surface area (TPSA) is 141 Å². The van der Waals surface area contributed by atoms with Crippen LogP contribution in [0.15, 0.2) is 0 Å². The molecule has 1 aliphatic heterocycles. The summed E-state index contributed by atoms with van der Waals surface area (Å²) in [6.45, 7) is 6.81. The minimum absolute atomic E-state index is 0.0477. The maximum absolute atomic E-state index is 12.6. The van der Waals surface area contributed by atoms with E-state index >= 15 is 0 Å². The van der Waals surface area contributed by atoms with Gasteiger partial charge >= 0.3 is 29.8 Å². The van der Waals surface area contributed by atoms with Gasteiger partial charge in [0.1, 0.15) is 12.7 Å². The summed E-state index contributed by atoms with van der Waals surface area (Å²) >= 11 is 3.25. The average Bonchev–Trinajstić information content (AvgIpc) is 2.85. The van der Waals surface area contributed by atoms with Crippen molar-refractivity contribution in [1.29, 1.82) is 0 Å². The van der Waals surface area contributed by atoms with Gasteiger partial charge in [-0.3, -0.25) is 24.0 Å². The van der Waals surface area contributed by atoms with Gasteiger partial charge < -0.3 is 28.4 Å². The van der Waals surface area contributed by atoms with Crippen molar-refractivity contribution < 1.29 is 52.4 Å². The largest absolute Gasteiger partial charge is 0.463 e. The molecular formula is C26H41BrO11. The van der Waals surface area contributed by atoms with Gasteiger partial charge in [-0.1, -0.05) is 43.6 Å². The predicted molar refractivity (Wildman–Crippen MR) is 138 cm³/mol. The minimum Gasteiger partial charge on any atom is -0.463 e. The van der Waals surface area contributed by atoms with E-state index in [1.54, 1.807) is 20.8 Å². The van der Waals surface area contributed by atoms with E-state index in [0.717, 1.165) is 0 Å². The monoisotopic (exact) mass is 608 g/mol. The smallest absolute Gasteiger partial charge is 0.308 e. The molecular weight excluding hydrogens is 568 g/mol. The number of ether oxygens (including phenoxy) is 6. The molecule has 12 heteroatoms. The van der Waals surface area contributed by atoms with Crippen LogP contribution in [-0.2, 0) is 52.4 Å². The first-order chi connectivity index (χ1) is 18.2. The Hall–Kier alpha value is -2.21. The summed E-state index contributed by atoms with van der Waals surface area (Å²) in [6.07, 6.45) is -3.86. The van der Waals surface area contributed by atoms with Crippen molar-refractivity contribution in [2.75, 3.05) is 11.9 Å². The average molecular weight is 610 g/mol. The van der Waals surface area contributed by atoms with Gasteiger partial charge in [-0.25, -0.2) is 0 Å². The normalized spacial score (nSPS) is 22.7. The van der Waals surface area contributed by atoms with Gasteiger partial charge in [-0.05, 0) is 32.1 Å². The third-order valence-corrected chi connectivity index (χ3v) is 5.94. The van der Waals surface area contributed by atoms with Crippen LogP contribution in [0.4, 0.5) is 0 Å². The molecule has 0 aromatic heterocycles. The second-order valence-corrected chi connectivity index (χ2v) is 9.66. The first kappa shape index (κ1) is 33.8. The molecule has 38 heavy (non-hydrogen) atoms. The number of hydrogen-bond acceptors (Lipinski definition) is 11. The van der Waals surface area contributed by atoms with Crippen LogP contribution in [-0.4, -0.2) is 72.5 Å². The van der Waals surface area contributed by atoms with Crippen LogP contribution in [0.1, 0.15) is 91.9 Å². The molecule has 1 aliphatic rings. The molecule has 1 heterocycles. The van der Waals surface area contributed by atoms with Gasteiger partial charge in [-0.15, -0.1) is 0 Å². The van der Waals surface area contributed by atoms with Crippen LogP contribution in [0.5, 0.6) is 0 Å².